The van der Waals surface area contributed by atoms with Crippen LogP contribution in [-0.4, -0.2) is 29.1 Å². The van der Waals surface area contributed by atoms with Crippen molar-refractivity contribution in [3.63, 3.8) is 0 Å². The number of carbonyl (C=O) groups is 1. The third-order valence-corrected chi connectivity index (χ3v) is 4.42. The minimum atomic E-state index is -0.674. The van der Waals surface area contributed by atoms with Crippen LogP contribution in [0.3, 0.4) is 0 Å². The van der Waals surface area contributed by atoms with E-state index in [1.807, 2.05) is 37.3 Å². The summed E-state index contributed by atoms with van der Waals surface area (Å²) >= 11 is 0. The highest BCUT2D eigenvalue weighted by Gasteiger charge is 2.43. The van der Waals surface area contributed by atoms with Gasteiger partial charge in [0, 0.05) is 11.9 Å². The third kappa shape index (κ3) is 2.20. The topological polar surface area (TPSA) is 53.7 Å². The molecule has 1 aromatic heterocycles. The van der Waals surface area contributed by atoms with Crippen LogP contribution in [-0.2, 0) is 11.3 Å². The standard InChI is InChI=1S/C16H19NO3/c1-2-16(15(18)19)7-8-17(11-16)10-13-9-12-5-3-4-6-14(12)20-13/h3-6,9H,2,7-8,10-11H2,1H3,(H,18,19). The van der Waals surface area contributed by atoms with Gasteiger partial charge in [0.15, 0.2) is 0 Å². The van der Waals surface area contributed by atoms with Gasteiger partial charge in [-0.3, -0.25) is 9.69 Å². The molecule has 1 atom stereocenters. The van der Waals surface area contributed by atoms with E-state index in [1.54, 1.807) is 0 Å². The minimum Gasteiger partial charge on any atom is -0.481 e. The Morgan fingerprint density at radius 3 is 2.90 bits per heavy atom. The van der Waals surface area contributed by atoms with E-state index in [9.17, 15) is 9.90 Å². The molecular formula is C16H19NO3. The number of carboxylic acid groups (broad SMARTS) is 1. The molecule has 0 bridgehead atoms. The normalized spacial score (nSPS) is 23.4. The Labute approximate surface area is 118 Å². The van der Waals surface area contributed by atoms with Crippen molar-refractivity contribution in [1.29, 1.82) is 0 Å². The van der Waals surface area contributed by atoms with Crippen LogP contribution in [0, 0.1) is 5.41 Å². The predicted molar refractivity (Wildman–Crippen MR) is 76.5 cm³/mol. The Kier molecular flexibility index (Phi) is 3.26. The molecule has 1 aromatic carbocycles. The number of para-hydroxylation sites is 1. The molecule has 20 heavy (non-hydrogen) atoms. The molecule has 0 radical (unpaired) electrons. The fraction of sp³-hybridized carbons (Fsp3) is 0.438. The van der Waals surface area contributed by atoms with Gasteiger partial charge in [-0.15, -0.1) is 0 Å². The van der Waals surface area contributed by atoms with Gasteiger partial charge >= 0.3 is 5.97 Å². The number of carboxylic acids is 1. The summed E-state index contributed by atoms with van der Waals surface area (Å²) < 4.78 is 5.80. The van der Waals surface area contributed by atoms with Crippen LogP contribution >= 0.6 is 0 Å². The van der Waals surface area contributed by atoms with Gasteiger partial charge in [-0.05, 0) is 31.5 Å². The highest BCUT2D eigenvalue weighted by atomic mass is 16.4. The molecule has 1 N–H and O–H groups in total. The van der Waals surface area contributed by atoms with Gasteiger partial charge < -0.3 is 9.52 Å². The van der Waals surface area contributed by atoms with Crippen molar-refractivity contribution in [1.82, 2.24) is 4.90 Å². The maximum absolute atomic E-state index is 11.4. The number of hydrogen-bond acceptors (Lipinski definition) is 3. The van der Waals surface area contributed by atoms with Crippen LogP contribution in [0.4, 0.5) is 0 Å². The molecular weight excluding hydrogens is 254 g/mol. The number of hydrogen-bond donors (Lipinski definition) is 1. The first-order valence-electron chi connectivity index (χ1n) is 7.06. The Balaban J connectivity index is 1.74. The van der Waals surface area contributed by atoms with Crippen LogP contribution in [0.5, 0.6) is 0 Å². The van der Waals surface area contributed by atoms with Crippen molar-refractivity contribution in [2.75, 3.05) is 13.1 Å². The molecule has 1 unspecified atom stereocenters. The average Bonchev–Trinajstić information content (AvgIpc) is 3.03. The van der Waals surface area contributed by atoms with Crippen LogP contribution in [0.15, 0.2) is 34.7 Å². The number of rotatable bonds is 4. The lowest BCUT2D eigenvalue weighted by Gasteiger charge is -2.22. The predicted octanol–water partition coefficient (Wildman–Crippen LogP) is 3.12. The van der Waals surface area contributed by atoms with Gasteiger partial charge in [0.05, 0.1) is 12.0 Å². The molecule has 0 saturated carbocycles. The van der Waals surface area contributed by atoms with Crippen molar-refractivity contribution in [3.05, 3.63) is 36.1 Å². The summed E-state index contributed by atoms with van der Waals surface area (Å²) in [5.41, 5.74) is 0.313. The Hall–Kier alpha value is -1.81. The second-order valence-corrected chi connectivity index (χ2v) is 5.65. The summed E-state index contributed by atoms with van der Waals surface area (Å²) in [6.07, 6.45) is 1.40. The highest BCUT2D eigenvalue weighted by Crippen LogP contribution is 2.35. The van der Waals surface area contributed by atoms with E-state index in [0.717, 1.165) is 29.7 Å². The molecule has 0 aliphatic carbocycles. The Morgan fingerprint density at radius 2 is 2.25 bits per heavy atom. The summed E-state index contributed by atoms with van der Waals surface area (Å²) in [6, 6.07) is 9.97. The smallest absolute Gasteiger partial charge is 0.310 e. The molecule has 1 aliphatic heterocycles. The molecule has 1 saturated heterocycles. The van der Waals surface area contributed by atoms with Crippen molar-refractivity contribution in [2.24, 2.45) is 5.41 Å². The molecule has 2 aromatic rings. The van der Waals surface area contributed by atoms with Gasteiger partial charge in [0.25, 0.3) is 0 Å². The zero-order chi connectivity index (χ0) is 14.2. The summed E-state index contributed by atoms with van der Waals surface area (Å²) in [6.45, 7) is 4.07. The maximum atomic E-state index is 11.4. The van der Waals surface area contributed by atoms with Gasteiger partial charge in [-0.25, -0.2) is 0 Å². The molecule has 0 amide bonds. The van der Waals surface area contributed by atoms with E-state index >= 15 is 0 Å². The second kappa shape index (κ2) is 4.94. The number of likely N-dealkylation sites (tertiary alicyclic amines) is 1. The molecule has 1 aliphatic rings. The lowest BCUT2D eigenvalue weighted by molar-refractivity contribution is -0.148. The summed E-state index contributed by atoms with van der Waals surface area (Å²) in [4.78, 5) is 13.6. The number of furan rings is 1. The molecule has 3 rings (SSSR count). The molecule has 2 heterocycles. The Bertz CT molecular complexity index is 600. The number of nitrogens with zero attached hydrogens (tertiary/aromatic N) is 1. The largest absolute Gasteiger partial charge is 0.481 e. The SMILES string of the molecule is CCC1(C(=O)O)CCN(Cc2cc3ccccc3o2)C1. The van der Waals surface area contributed by atoms with E-state index < -0.39 is 11.4 Å². The maximum Gasteiger partial charge on any atom is 0.310 e. The van der Waals surface area contributed by atoms with E-state index in [4.69, 9.17) is 4.42 Å². The van der Waals surface area contributed by atoms with Gasteiger partial charge in [0.2, 0.25) is 0 Å². The van der Waals surface area contributed by atoms with E-state index in [0.29, 0.717) is 19.5 Å². The zero-order valence-electron chi connectivity index (χ0n) is 11.6. The molecule has 4 nitrogen and oxygen atoms in total. The van der Waals surface area contributed by atoms with Crippen LogP contribution in [0.2, 0.25) is 0 Å². The second-order valence-electron chi connectivity index (χ2n) is 5.65. The third-order valence-electron chi connectivity index (χ3n) is 4.42. The first-order chi connectivity index (χ1) is 9.63. The first-order valence-corrected chi connectivity index (χ1v) is 7.06. The molecule has 1 fully saturated rings. The fourth-order valence-corrected chi connectivity index (χ4v) is 3.04. The lowest BCUT2D eigenvalue weighted by atomic mass is 9.84. The summed E-state index contributed by atoms with van der Waals surface area (Å²) in [7, 11) is 0. The molecule has 0 spiro atoms. The van der Waals surface area contributed by atoms with Crippen LogP contribution in [0.25, 0.3) is 11.0 Å². The number of fused-ring (bicyclic) bond motifs is 1. The van der Waals surface area contributed by atoms with Crippen molar-refractivity contribution in [2.45, 2.75) is 26.3 Å². The first kappa shape index (κ1) is 13.2. The van der Waals surface area contributed by atoms with Crippen molar-refractivity contribution < 1.29 is 14.3 Å². The van der Waals surface area contributed by atoms with Crippen LogP contribution < -0.4 is 0 Å². The van der Waals surface area contributed by atoms with E-state index in [-0.39, 0.29) is 0 Å². The molecule has 4 heteroatoms. The van der Waals surface area contributed by atoms with E-state index in [2.05, 4.69) is 4.90 Å². The lowest BCUT2D eigenvalue weighted by Crippen LogP contribution is -2.33. The number of aliphatic carboxylic acids is 1. The average molecular weight is 273 g/mol. The zero-order valence-corrected chi connectivity index (χ0v) is 11.6. The minimum absolute atomic E-state index is 0.577. The summed E-state index contributed by atoms with van der Waals surface area (Å²) in [5.74, 6) is 0.232. The summed E-state index contributed by atoms with van der Waals surface area (Å²) in [5, 5.41) is 10.5. The van der Waals surface area contributed by atoms with Gasteiger partial charge in [0.1, 0.15) is 11.3 Å². The molecule has 106 valence electrons. The Morgan fingerprint density at radius 1 is 1.45 bits per heavy atom. The van der Waals surface area contributed by atoms with Gasteiger partial charge in [-0.2, -0.15) is 0 Å². The highest BCUT2D eigenvalue weighted by molar-refractivity contribution is 5.77. The monoisotopic (exact) mass is 273 g/mol. The number of benzene rings is 1. The van der Waals surface area contributed by atoms with Crippen molar-refractivity contribution >= 4 is 16.9 Å². The quantitative estimate of drug-likeness (QED) is 0.930. The van der Waals surface area contributed by atoms with Gasteiger partial charge in [-0.1, -0.05) is 25.1 Å². The van der Waals surface area contributed by atoms with E-state index in [1.165, 1.54) is 0 Å². The van der Waals surface area contributed by atoms with Crippen LogP contribution in [0.1, 0.15) is 25.5 Å². The fourth-order valence-electron chi connectivity index (χ4n) is 3.04. The van der Waals surface area contributed by atoms with Crippen molar-refractivity contribution in [3.8, 4) is 0 Å².